The Balaban J connectivity index is 2.00. The summed E-state index contributed by atoms with van der Waals surface area (Å²) in [7, 11) is 1.61. The summed E-state index contributed by atoms with van der Waals surface area (Å²) in [5, 5.41) is 2.89. The molecule has 0 spiro atoms. The molecular weight excluding hydrogens is 380 g/mol. The van der Waals surface area contributed by atoms with Gasteiger partial charge < -0.3 is 19.7 Å². The Bertz CT molecular complexity index is 791. The molecule has 162 valence electrons. The zero-order valence-electron chi connectivity index (χ0n) is 18.3. The third-order valence-electron chi connectivity index (χ3n) is 4.66. The number of nitrogens with zero attached hydrogens (tertiary/aromatic N) is 1. The van der Waals surface area contributed by atoms with Crippen LogP contribution in [-0.4, -0.2) is 42.5 Å². The van der Waals surface area contributed by atoms with Gasteiger partial charge in [-0.05, 0) is 57.0 Å². The van der Waals surface area contributed by atoms with E-state index in [0.29, 0.717) is 26.0 Å². The molecule has 0 fully saturated rings. The summed E-state index contributed by atoms with van der Waals surface area (Å²) in [6.45, 7) is 6.37. The fourth-order valence-corrected chi connectivity index (χ4v) is 2.99. The van der Waals surface area contributed by atoms with Crippen LogP contribution < -0.4 is 14.8 Å². The Morgan fingerprint density at radius 3 is 2.23 bits per heavy atom. The highest BCUT2D eigenvalue weighted by Gasteiger charge is 2.26. The molecular formula is C24H32N2O4. The number of para-hydroxylation sites is 1. The van der Waals surface area contributed by atoms with Gasteiger partial charge in [-0.1, -0.05) is 30.3 Å². The third kappa shape index (κ3) is 7.43. The highest BCUT2D eigenvalue weighted by molar-refractivity contribution is 5.87. The van der Waals surface area contributed by atoms with Crippen LogP contribution >= 0.6 is 0 Å². The SMILES string of the molecule is COc1ccc(CN(C(=O)CCCOc2ccccc2)[C@@H](C)C(=O)NC(C)C)cc1. The zero-order chi connectivity index (χ0) is 21.9. The smallest absolute Gasteiger partial charge is 0.242 e. The number of carbonyl (C=O) groups is 2. The van der Waals surface area contributed by atoms with Crippen LogP contribution in [0.25, 0.3) is 0 Å². The summed E-state index contributed by atoms with van der Waals surface area (Å²) in [5.74, 6) is 1.30. The molecule has 1 atom stereocenters. The Hall–Kier alpha value is -3.02. The first-order chi connectivity index (χ1) is 14.4. The van der Waals surface area contributed by atoms with E-state index in [4.69, 9.17) is 9.47 Å². The predicted molar refractivity (Wildman–Crippen MR) is 117 cm³/mol. The number of nitrogens with one attached hydrogen (secondary N) is 1. The van der Waals surface area contributed by atoms with Crippen molar-refractivity contribution in [3.63, 3.8) is 0 Å². The largest absolute Gasteiger partial charge is 0.497 e. The van der Waals surface area contributed by atoms with Crippen molar-refractivity contribution in [3.8, 4) is 11.5 Å². The van der Waals surface area contributed by atoms with Gasteiger partial charge in [0.2, 0.25) is 11.8 Å². The first-order valence-electron chi connectivity index (χ1n) is 10.3. The summed E-state index contributed by atoms with van der Waals surface area (Å²) in [6, 6.07) is 16.5. The number of hydrogen-bond acceptors (Lipinski definition) is 4. The number of amides is 2. The number of rotatable bonds is 11. The second kappa shape index (κ2) is 11.9. The highest BCUT2D eigenvalue weighted by atomic mass is 16.5. The molecule has 0 aliphatic rings. The molecule has 6 nitrogen and oxygen atoms in total. The van der Waals surface area contributed by atoms with Crippen LogP contribution in [0, 0.1) is 0 Å². The first-order valence-corrected chi connectivity index (χ1v) is 10.3. The summed E-state index contributed by atoms with van der Waals surface area (Å²) < 4.78 is 10.9. The minimum atomic E-state index is -0.572. The lowest BCUT2D eigenvalue weighted by molar-refractivity contribution is -0.141. The molecule has 0 saturated carbocycles. The summed E-state index contributed by atoms with van der Waals surface area (Å²) in [6.07, 6.45) is 0.883. The van der Waals surface area contributed by atoms with Crippen LogP contribution in [0.1, 0.15) is 39.2 Å². The Labute approximate surface area is 179 Å². The van der Waals surface area contributed by atoms with Crippen molar-refractivity contribution in [3.05, 3.63) is 60.2 Å². The second-order valence-corrected chi connectivity index (χ2v) is 7.47. The van der Waals surface area contributed by atoms with Crippen molar-refractivity contribution in [2.45, 2.75) is 52.2 Å². The maximum Gasteiger partial charge on any atom is 0.242 e. The fraction of sp³-hybridized carbons (Fsp3) is 0.417. The molecule has 0 aromatic heterocycles. The van der Waals surface area contributed by atoms with Crippen LogP contribution in [0.5, 0.6) is 11.5 Å². The van der Waals surface area contributed by atoms with Crippen molar-refractivity contribution < 1.29 is 19.1 Å². The topological polar surface area (TPSA) is 67.9 Å². The normalized spacial score (nSPS) is 11.6. The second-order valence-electron chi connectivity index (χ2n) is 7.47. The standard InChI is InChI=1S/C24H32N2O4/c1-18(2)25-24(28)19(3)26(17-20-12-14-21(29-4)15-13-20)23(27)11-8-16-30-22-9-6-5-7-10-22/h5-7,9-10,12-15,18-19H,8,11,16-17H2,1-4H3,(H,25,28)/t19-/m0/s1. The van der Waals surface area contributed by atoms with Crippen molar-refractivity contribution >= 4 is 11.8 Å². The molecule has 2 rings (SSSR count). The van der Waals surface area contributed by atoms with Gasteiger partial charge >= 0.3 is 0 Å². The van der Waals surface area contributed by atoms with Gasteiger partial charge in [0.15, 0.2) is 0 Å². The highest BCUT2D eigenvalue weighted by Crippen LogP contribution is 2.16. The van der Waals surface area contributed by atoms with E-state index in [1.165, 1.54) is 0 Å². The molecule has 0 aliphatic heterocycles. The number of carbonyl (C=O) groups excluding carboxylic acids is 2. The molecule has 1 N–H and O–H groups in total. The maximum atomic E-state index is 13.0. The van der Waals surface area contributed by atoms with Crippen molar-refractivity contribution in [1.29, 1.82) is 0 Å². The Morgan fingerprint density at radius 2 is 1.63 bits per heavy atom. The molecule has 6 heteroatoms. The van der Waals surface area contributed by atoms with Crippen LogP contribution in [0.2, 0.25) is 0 Å². The van der Waals surface area contributed by atoms with Crippen LogP contribution in [-0.2, 0) is 16.1 Å². The van der Waals surface area contributed by atoms with E-state index < -0.39 is 6.04 Å². The molecule has 0 aliphatic carbocycles. The fourth-order valence-electron chi connectivity index (χ4n) is 2.99. The van der Waals surface area contributed by atoms with Crippen LogP contribution in [0.3, 0.4) is 0 Å². The molecule has 2 aromatic carbocycles. The number of methoxy groups -OCH3 is 1. The first kappa shape index (κ1) is 23.3. The van der Waals surface area contributed by atoms with Crippen LogP contribution in [0.4, 0.5) is 0 Å². The Kier molecular flexibility index (Phi) is 9.19. The molecule has 0 heterocycles. The average molecular weight is 413 g/mol. The van der Waals surface area contributed by atoms with E-state index in [-0.39, 0.29) is 17.9 Å². The lowest BCUT2D eigenvalue weighted by atomic mass is 10.1. The summed E-state index contributed by atoms with van der Waals surface area (Å²) >= 11 is 0. The van der Waals surface area contributed by atoms with E-state index in [0.717, 1.165) is 17.1 Å². The minimum absolute atomic E-state index is 0.0113. The Morgan fingerprint density at radius 1 is 0.967 bits per heavy atom. The van der Waals surface area contributed by atoms with Gasteiger partial charge in [-0.25, -0.2) is 0 Å². The van der Waals surface area contributed by atoms with Gasteiger partial charge in [0.25, 0.3) is 0 Å². The molecule has 2 amide bonds. The third-order valence-corrected chi connectivity index (χ3v) is 4.66. The van der Waals surface area contributed by atoms with Gasteiger partial charge in [0, 0.05) is 19.0 Å². The van der Waals surface area contributed by atoms with Crippen molar-refractivity contribution in [2.24, 2.45) is 0 Å². The molecule has 0 bridgehead atoms. The van der Waals surface area contributed by atoms with Gasteiger partial charge in [-0.2, -0.15) is 0 Å². The van der Waals surface area contributed by atoms with Crippen molar-refractivity contribution in [2.75, 3.05) is 13.7 Å². The van der Waals surface area contributed by atoms with Gasteiger partial charge in [-0.15, -0.1) is 0 Å². The van der Waals surface area contributed by atoms with Gasteiger partial charge in [0.1, 0.15) is 17.5 Å². The summed E-state index contributed by atoms with van der Waals surface area (Å²) in [5.41, 5.74) is 0.939. The van der Waals surface area contributed by atoms with E-state index in [9.17, 15) is 9.59 Å². The number of benzene rings is 2. The monoisotopic (exact) mass is 412 g/mol. The zero-order valence-corrected chi connectivity index (χ0v) is 18.3. The van der Waals surface area contributed by atoms with Gasteiger partial charge in [0.05, 0.1) is 13.7 Å². The number of hydrogen-bond donors (Lipinski definition) is 1. The quantitative estimate of drug-likeness (QED) is 0.570. The van der Waals surface area contributed by atoms with Gasteiger partial charge in [-0.3, -0.25) is 9.59 Å². The molecule has 0 unspecified atom stereocenters. The lowest BCUT2D eigenvalue weighted by Gasteiger charge is -2.29. The van der Waals surface area contributed by atoms with Crippen molar-refractivity contribution in [1.82, 2.24) is 10.2 Å². The minimum Gasteiger partial charge on any atom is -0.497 e. The van der Waals surface area contributed by atoms with E-state index in [2.05, 4.69) is 5.32 Å². The van der Waals surface area contributed by atoms with E-state index in [1.54, 1.807) is 18.9 Å². The maximum absolute atomic E-state index is 13.0. The van der Waals surface area contributed by atoms with E-state index >= 15 is 0 Å². The van der Waals surface area contributed by atoms with Crippen LogP contribution in [0.15, 0.2) is 54.6 Å². The number of ether oxygens (including phenoxy) is 2. The molecule has 0 saturated heterocycles. The molecule has 30 heavy (non-hydrogen) atoms. The van der Waals surface area contributed by atoms with E-state index in [1.807, 2.05) is 68.4 Å². The predicted octanol–water partition coefficient (Wildman–Crippen LogP) is 3.80. The average Bonchev–Trinajstić information content (AvgIpc) is 2.75. The molecule has 2 aromatic rings. The molecule has 0 radical (unpaired) electrons. The lowest BCUT2D eigenvalue weighted by Crippen LogP contribution is -2.49. The summed E-state index contributed by atoms with van der Waals surface area (Å²) in [4.78, 5) is 27.2.